The van der Waals surface area contributed by atoms with E-state index in [-0.39, 0.29) is 5.97 Å². The highest BCUT2D eigenvalue weighted by molar-refractivity contribution is 5.65. The maximum Gasteiger partial charge on any atom is 0.302 e. The highest BCUT2D eigenvalue weighted by Gasteiger charge is 1.89. The van der Waals surface area contributed by atoms with Crippen molar-refractivity contribution in [2.45, 2.75) is 80.6 Å². The Morgan fingerprint density at radius 1 is 0.800 bits per heavy atom. The molecule has 3 heteroatoms. The minimum Gasteiger partial charge on any atom is -0.466 e. The number of rotatable bonds is 8. The summed E-state index contributed by atoms with van der Waals surface area (Å²) >= 11 is 0. The molecule has 0 fully saturated rings. The summed E-state index contributed by atoms with van der Waals surface area (Å²) in [5.41, 5.74) is 0. The van der Waals surface area contributed by atoms with Crippen LogP contribution < -0.4 is 0 Å². The van der Waals surface area contributed by atoms with Gasteiger partial charge < -0.3 is 9.64 Å². The van der Waals surface area contributed by atoms with Gasteiger partial charge in [-0.1, -0.05) is 66.7 Å². The zero-order chi connectivity index (χ0) is 16.2. The van der Waals surface area contributed by atoms with Gasteiger partial charge >= 0.3 is 5.97 Å². The van der Waals surface area contributed by atoms with E-state index in [4.69, 9.17) is 0 Å². The van der Waals surface area contributed by atoms with Crippen molar-refractivity contribution in [1.82, 2.24) is 4.90 Å². The van der Waals surface area contributed by atoms with Crippen LogP contribution in [0, 0.1) is 0 Å². The SMILES string of the molecule is CCCCCCC.CCN(CC)CC.CCOC(C)=O. The normalized spacial score (nSPS) is 9.20. The van der Waals surface area contributed by atoms with E-state index in [0.717, 1.165) is 0 Å². The predicted octanol–water partition coefficient (Wildman–Crippen LogP) is 4.89. The molecule has 0 N–H and O–H groups in total. The summed E-state index contributed by atoms with van der Waals surface area (Å²) in [6.45, 7) is 18.3. The van der Waals surface area contributed by atoms with Crippen molar-refractivity contribution in [1.29, 1.82) is 0 Å². The molecule has 0 aliphatic carbocycles. The second kappa shape index (κ2) is 23.5. The van der Waals surface area contributed by atoms with Crippen LogP contribution in [0.15, 0.2) is 0 Å². The molecule has 0 atom stereocenters. The third-order valence-electron chi connectivity index (χ3n) is 2.90. The van der Waals surface area contributed by atoms with Gasteiger partial charge in [0.25, 0.3) is 0 Å². The summed E-state index contributed by atoms with van der Waals surface area (Å²) in [6.07, 6.45) is 7.01. The Bertz CT molecular complexity index is 159. The first-order valence-corrected chi connectivity index (χ1v) is 8.39. The van der Waals surface area contributed by atoms with Gasteiger partial charge in [-0.2, -0.15) is 0 Å². The number of hydrogen-bond donors (Lipinski definition) is 0. The monoisotopic (exact) mass is 289 g/mol. The van der Waals surface area contributed by atoms with E-state index in [0.29, 0.717) is 6.61 Å². The highest BCUT2D eigenvalue weighted by atomic mass is 16.5. The van der Waals surface area contributed by atoms with Crippen molar-refractivity contribution in [2.24, 2.45) is 0 Å². The van der Waals surface area contributed by atoms with Gasteiger partial charge in [-0.25, -0.2) is 0 Å². The lowest BCUT2D eigenvalue weighted by molar-refractivity contribution is -0.140. The molecule has 0 rings (SSSR count). The van der Waals surface area contributed by atoms with Crippen LogP contribution in [0.2, 0.25) is 0 Å². The third kappa shape index (κ3) is 30.5. The van der Waals surface area contributed by atoms with Gasteiger partial charge in [-0.3, -0.25) is 4.79 Å². The molecule has 20 heavy (non-hydrogen) atoms. The van der Waals surface area contributed by atoms with Crippen molar-refractivity contribution in [3.8, 4) is 0 Å². The molecule has 0 unspecified atom stereocenters. The van der Waals surface area contributed by atoms with Gasteiger partial charge in [0.05, 0.1) is 6.61 Å². The van der Waals surface area contributed by atoms with Crippen molar-refractivity contribution in [3.63, 3.8) is 0 Å². The summed E-state index contributed by atoms with van der Waals surface area (Å²) in [5.74, 6) is -0.211. The first-order valence-electron chi connectivity index (χ1n) is 8.39. The molecule has 0 bridgehead atoms. The van der Waals surface area contributed by atoms with E-state index in [2.05, 4.69) is 44.3 Å². The Morgan fingerprint density at radius 3 is 1.30 bits per heavy atom. The maximum atomic E-state index is 9.82. The van der Waals surface area contributed by atoms with Crippen LogP contribution in [0.1, 0.15) is 80.6 Å². The maximum absolute atomic E-state index is 9.82. The largest absolute Gasteiger partial charge is 0.466 e. The lowest BCUT2D eigenvalue weighted by atomic mass is 10.2. The molecule has 0 aromatic rings. The molecule has 0 aliphatic rings. The van der Waals surface area contributed by atoms with Crippen molar-refractivity contribution in [3.05, 3.63) is 0 Å². The molecule has 0 aromatic heterocycles. The summed E-state index contributed by atoms with van der Waals surface area (Å²) in [7, 11) is 0. The van der Waals surface area contributed by atoms with E-state index in [9.17, 15) is 4.79 Å². The van der Waals surface area contributed by atoms with Crippen LogP contribution in [0.25, 0.3) is 0 Å². The number of nitrogens with zero attached hydrogens (tertiary/aromatic N) is 1. The molecule has 0 aliphatic heterocycles. The van der Waals surface area contributed by atoms with Gasteiger partial charge in [0.15, 0.2) is 0 Å². The standard InChI is InChI=1S/C7H16.C6H15N.C4H8O2/c1-3-5-7-6-4-2;1-4-7(5-2)6-3;1-3-6-4(2)5/h3-7H2,1-2H3;4-6H2,1-3H3;3H2,1-2H3. The van der Waals surface area contributed by atoms with E-state index >= 15 is 0 Å². The van der Waals surface area contributed by atoms with Crippen molar-refractivity contribution >= 4 is 5.97 Å². The van der Waals surface area contributed by atoms with Crippen LogP contribution in [-0.4, -0.2) is 37.1 Å². The van der Waals surface area contributed by atoms with Crippen LogP contribution in [0.3, 0.4) is 0 Å². The molecule has 3 nitrogen and oxygen atoms in total. The number of carbonyl (C=O) groups excluding carboxylic acids is 1. The third-order valence-corrected chi connectivity index (χ3v) is 2.90. The quantitative estimate of drug-likeness (QED) is 0.470. The minimum absolute atomic E-state index is 0.211. The summed E-state index contributed by atoms with van der Waals surface area (Å²) in [5, 5.41) is 0. The lowest BCUT2D eigenvalue weighted by Crippen LogP contribution is -2.21. The minimum atomic E-state index is -0.211. The number of ether oxygens (including phenoxy) is 1. The van der Waals surface area contributed by atoms with E-state index in [1.165, 1.54) is 58.7 Å². The summed E-state index contributed by atoms with van der Waals surface area (Å²) < 4.78 is 4.40. The Balaban J connectivity index is -0.000000218. The number of hydrogen-bond acceptors (Lipinski definition) is 3. The zero-order valence-electron chi connectivity index (χ0n) is 15.1. The van der Waals surface area contributed by atoms with E-state index in [1.54, 1.807) is 6.92 Å². The fourth-order valence-corrected chi connectivity index (χ4v) is 1.55. The van der Waals surface area contributed by atoms with E-state index in [1.807, 2.05) is 0 Å². The smallest absolute Gasteiger partial charge is 0.302 e. The molecule has 0 saturated carbocycles. The van der Waals surface area contributed by atoms with Crippen LogP contribution >= 0.6 is 0 Å². The molecule has 0 radical (unpaired) electrons. The second-order valence-corrected chi connectivity index (χ2v) is 4.60. The van der Waals surface area contributed by atoms with Crippen LogP contribution in [-0.2, 0) is 9.53 Å². The fourth-order valence-electron chi connectivity index (χ4n) is 1.55. The van der Waals surface area contributed by atoms with Crippen LogP contribution in [0.4, 0.5) is 0 Å². The number of carbonyl (C=O) groups is 1. The second-order valence-electron chi connectivity index (χ2n) is 4.60. The van der Waals surface area contributed by atoms with Crippen molar-refractivity contribution < 1.29 is 9.53 Å². The predicted molar refractivity (Wildman–Crippen MR) is 90.2 cm³/mol. The summed E-state index contributed by atoms with van der Waals surface area (Å²) in [4.78, 5) is 12.2. The Kier molecular flexibility index (Phi) is 28.7. The molecule has 0 saturated heterocycles. The number of esters is 1. The Hall–Kier alpha value is -0.570. The van der Waals surface area contributed by atoms with Gasteiger partial charge in [0, 0.05) is 6.92 Å². The van der Waals surface area contributed by atoms with Crippen LogP contribution in [0.5, 0.6) is 0 Å². The van der Waals surface area contributed by atoms with Gasteiger partial charge in [-0.15, -0.1) is 0 Å². The molecule has 124 valence electrons. The Labute approximate surface area is 128 Å². The zero-order valence-corrected chi connectivity index (χ0v) is 15.1. The van der Waals surface area contributed by atoms with Gasteiger partial charge in [0.1, 0.15) is 0 Å². The molecular weight excluding hydrogens is 250 g/mol. The molecule has 0 aromatic carbocycles. The fraction of sp³-hybridized carbons (Fsp3) is 0.941. The average molecular weight is 290 g/mol. The average Bonchev–Trinajstić information content (AvgIpc) is 2.43. The molecule has 0 heterocycles. The Morgan fingerprint density at radius 2 is 1.20 bits per heavy atom. The first kappa shape index (κ1) is 24.4. The lowest BCUT2D eigenvalue weighted by Gasteiger charge is -2.13. The molecular formula is C17H39NO2. The number of unbranched alkanes of at least 4 members (excludes halogenated alkanes) is 4. The highest BCUT2D eigenvalue weighted by Crippen LogP contribution is 2.00. The van der Waals surface area contributed by atoms with E-state index < -0.39 is 0 Å². The molecule has 0 amide bonds. The molecule has 0 spiro atoms. The van der Waals surface area contributed by atoms with Crippen molar-refractivity contribution in [2.75, 3.05) is 26.2 Å². The first-order chi connectivity index (χ1) is 9.53. The van der Waals surface area contributed by atoms with Gasteiger partial charge in [0.2, 0.25) is 0 Å². The summed E-state index contributed by atoms with van der Waals surface area (Å²) in [6, 6.07) is 0. The topological polar surface area (TPSA) is 29.5 Å². The van der Waals surface area contributed by atoms with Gasteiger partial charge in [-0.05, 0) is 26.6 Å².